The van der Waals surface area contributed by atoms with E-state index >= 15 is 0 Å². The van der Waals surface area contributed by atoms with Gasteiger partial charge in [-0.15, -0.1) is 0 Å². The molecule has 2 aromatic rings. The lowest BCUT2D eigenvalue weighted by atomic mass is 10.3. The molecule has 0 bridgehead atoms. The second-order valence-corrected chi connectivity index (χ2v) is 5.41. The molecule has 0 radical (unpaired) electrons. The Morgan fingerprint density at radius 1 is 1.32 bits per heavy atom. The normalized spacial score (nSPS) is 10.7. The van der Waals surface area contributed by atoms with Crippen molar-refractivity contribution in [1.82, 2.24) is 14.8 Å². The summed E-state index contributed by atoms with van der Waals surface area (Å²) < 4.78 is 1.32. The number of H-pyrrole nitrogens is 1. The zero-order chi connectivity index (χ0) is 14.2. The van der Waals surface area contributed by atoms with Crippen LogP contribution < -0.4 is 16.9 Å². The van der Waals surface area contributed by atoms with Crippen molar-refractivity contribution in [2.24, 2.45) is 7.05 Å². The number of nitrogens with one attached hydrogen (secondary N) is 1. The Labute approximate surface area is 121 Å². The van der Waals surface area contributed by atoms with E-state index in [1.165, 1.54) is 4.68 Å². The van der Waals surface area contributed by atoms with Gasteiger partial charge in [-0.3, -0.25) is 19.4 Å². The van der Waals surface area contributed by atoms with Crippen LogP contribution in [0.15, 0.2) is 31.8 Å². The SMILES string of the molecule is Cn1[nH]c(=O)c(=O)nc1Sc1c(Cl)cc(N)cc1Cl. The van der Waals surface area contributed by atoms with Gasteiger partial charge in [-0.05, 0) is 23.9 Å². The highest BCUT2D eigenvalue weighted by Gasteiger charge is 2.13. The molecule has 0 aliphatic rings. The van der Waals surface area contributed by atoms with Crippen LogP contribution in [0.4, 0.5) is 5.69 Å². The molecular formula is C10H8Cl2N4O2S. The number of halogens is 2. The molecule has 0 spiro atoms. The summed E-state index contributed by atoms with van der Waals surface area (Å²) in [7, 11) is 1.55. The maximum atomic E-state index is 11.2. The number of aryl methyl sites for hydroxylation is 1. The minimum absolute atomic E-state index is 0.262. The van der Waals surface area contributed by atoms with Crippen molar-refractivity contribution < 1.29 is 0 Å². The van der Waals surface area contributed by atoms with E-state index in [9.17, 15) is 9.59 Å². The summed E-state index contributed by atoms with van der Waals surface area (Å²) in [5.41, 5.74) is 4.37. The van der Waals surface area contributed by atoms with Gasteiger partial charge in [0.25, 0.3) is 0 Å². The van der Waals surface area contributed by atoms with E-state index in [1.54, 1.807) is 19.2 Å². The van der Waals surface area contributed by atoms with Gasteiger partial charge in [-0.25, -0.2) is 0 Å². The number of nitrogen functional groups attached to an aromatic ring is 1. The zero-order valence-corrected chi connectivity index (χ0v) is 11.9. The highest BCUT2D eigenvalue weighted by molar-refractivity contribution is 7.99. The summed E-state index contributed by atoms with van der Waals surface area (Å²) in [5.74, 6) is 0. The predicted molar refractivity (Wildman–Crippen MR) is 75.1 cm³/mol. The third-order valence-corrected chi connectivity index (χ3v) is 4.17. The molecule has 0 saturated carbocycles. The number of aromatic nitrogens is 3. The fourth-order valence-electron chi connectivity index (χ4n) is 1.32. The second kappa shape index (κ2) is 5.28. The first-order chi connectivity index (χ1) is 8.88. The number of hydrogen-bond acceptors (Lipinski definition) is 5. The lowest BCUT2D eigenvalue weighted by Gasteiger charge is -2.09. The molecule has 6 nitrogen and oxygen atoms in total. The summed E-state index contributed by atoms with van der Waals surface area (Å²) in [6, 6.07) is 3.08. The molecule has 0 aliphatic carbocycles. The van der Waals surface area contributed by atoms with Crippen molar-refractivity contribution >= 4 is 40.7 Å². The van der Waals surface area contributed by atoms with Crippen LogP contribution in [-0.4, -0.2) is 14.8 Å². The Hall–Kier alpha value is -1.44. The van der Waals surface area contributed by atoms with Crippen molar-refractivity contribution in [2.75, 3.05) is 5.73 Å². The van der Waals surface area contributed by atoms with E-state index in [0.717, 1.165) is 11.8 Å². The molecule has 3 N–H and O–H groups in total. The predicted octanol–water partition coefficient (Wildman–Crippen LogP) is 1.51. The van der Waals surface area contributed by atoms with Crippen molar-refractivity contribution in [3.05, 3.63) is 42.9 Å². The number of anilines is 1. The lowest BCUT2D eigenvalue weighted by Crippen LogP contribution is -2.33. The second-order valence-electron chi connectivity index (χ2n) is 3.62. The van der Waals surface area contributed by atoms with E-state index in [-0.39, 0.29) is 5.16 Å². The third kappa shape index (κ3) is 2.94. The van der Waals surface area contributed by atoms with Crippen molar-refractivity contribution in [2.45, 2.75) is 10.1 Å². The van der Waals surface area contributed by atoms with Gasteiger partial charge in [0.15, 0.2) is 5.16 Å². The highest BCUT2D eigenvalue weighted by atomic mass is 35.5. The number of nitrogens with two attached hydrogens (primary N) is 1. The van der Waals surface area contributed by atoms with Crippen LogP contribution in [0.5, 0.6) is 0 Å². The molecule has 0 unspecified atom stereocenters. The fourth-order valence-corrected chi connectivity index (χ4v) is 2.86. The van der Waals surface area contributed by atoms with E-state index in [4.69, 9.17) is 28.9 Å². The summed E-state index contributed by atoms with van der Waals surface area (Å²) in [6.07, 6.45) is 0. The third-order valence-electron chi connectivity index (χ3n) is 2.16. The van der Waals surface area contributed by atoms with Gasteiger partial charge in [-0.2, -0.15) is 4.98 Å². The van der Waals surface area contributed by atoms with Crippen LogP contribution in [0.2, 0.25) is 10.0 Å². The summed E-state index contributed by atoms with van der Waals surface area (Å²) in [5, 5.41) is 3.28. The van der Waals surface area contributed by atoms with Crippen LogP contribution >= 0.6 is 35.0 Å². The topological polar surface area (TPSA) is 93.8 Å². The van der Waals surface area contributed by atoms with Crippen LogP contribution in [0, 0.1) is 0 Å². The van der Waals surface area contributed by atoms with Gasteiger partial charge in [0.1, 0.15) is 0 Å². The van der Waals surface area contributed by atoms with Gasteiger partial charge >= 0.3 is 11.1 Å². The number of nitrogens with zero attached hydrogens (tertiary/aromatic N) is 2. The summed E-state index contributed by atoms with van der Waals surface area (Å²) >= 11 is 13.1. The first-order valence-corrected chi connectivity index (χ1v) is 6.55. The maximum absolute atomic E-state index is 11.2. The minimum atomic E-state index is -0.872. The molecule has 0 atom stereocenters. The molecule has 0 fully saturated rings. The first-order valence-electron chi connectivity index (χ1n) is 4.98. The van der Waals surface area contributed by atoms with Crippen LogP contribution in [-0.2, 0) is 7.05 Å². The van der Waals surface area contributed by atoms with Crippen LogP contribution in [0.1, 0.15) is 0 Å². The zero-order valence-electron chi connectivity index (χ0n) is 9.61. The molecule has 2 rings (SSSR count). The van der Waals surface area contributed by atoms with Crippen molar-refractivity contribution in [1.29, 1.82) is 0 Å². The average molecular weight is 319 g/mol. The van der Waals surface area contributed by atoms with Crippen molar-refractivity contribution in [3.63, 3.8) is 0 Å². The van der Waals surface area contributed by atoms with Crippen LogP contribution in [0.25, 0.3) is 0 Å². The van der Waals surface area contributed by atoms with Gasteiger partial charge in [0, 0.05) is 12.7 Å². The largest absolute Gasteiger partial charge is 0.399 e. The Balaban J connectivity index is 2.51. The molecule has 19 heavy (non-hydrogen) atoms. The molecule has 9 heteroatoms. The Bertz CT molecular complexity index is 733. The Morgan fingerprint density at radius 3 is 2.47 bits per heavy atom. The molecule has 1 aromatic heterocycles. The fraction of sp³-hybridized carbons (Fsp3) is 0.100. The monoisotopic (exact) mass is 318 g/mol. The number of rotatable bonds is 2. The highest BCUT2D eigenvalue weighted by Crippen LogP contribution is 2.38. The smallest absolute Gasteiger partial charge is 0.339 e. The minimum Gasteiger partial charge on any atom is -0.399 e. The van der Waals surface area contributed by atoms with E-state index in [0.29, 0.717) is 20.6 Å². The van der Waals surface area contributed by atoms with Gasteiger partial charge in [0.05, 0.1) is 14.9 Å². The lowest BCUT2D eigenvalue weighted by molar-refractivity contribution is 0.596. The number of aromatic amines is 1. The molecule has 0 amide bonds. The van der Waals surface area contributed by atoms with Gasteiger partial charge in [-0.1, -0.05) is 23.2 Å². The maximum Gasteiger partial charge on any atom is 0.339 e. The molecule has 0 aliphatic heterocycles. The number of hydrogen-bond donors (Lipinski definition) is 2. The van der Waals surface area contributed by atoms with Gasteiger partial charge in [0.2, 0.25) is 0 Å². The molecule has 0 saturated heterocycles. The average Bonchev–Trinajstić information content (AvgIpc) is 2.29. The molecule has 1 heterocycles. The number of benzene rings is 1. The summed E-state index contributed by atoms with van der Waals surface area (Å²) in [4.78, 5) is 26.5. The Morgan fingerprint density at radius 2 is 1.89 bits per heavy atom. The molecular weight excluding hydrogens is 311 g/mol. The first kappa shape index (κ1) is 14.0. The van der Waals surface area contributed by atoms with E-state index in [1.807, 2.05) is 0 Å². The Kier molecular flexibility index (Phi) is 3.88. The standard InChI is InChI=1S/C10H8Cl2N4O2S/c1-16-10(14-8(17)9(18)15-16)19-7-5(11)2-4(13)3-6(7)12/h2-3H,13H2,1H3,(H,15,18). The van der Waals surface area contributed by atoms with Crippen LogP contribution in [0.3, 0.4) is 0 Å². The van der Waals surface area contributed by atoms with E-state index < -0.39 is 11.1 Å². The molecule has 1 aromatic carbocycles. The van der Waals surface area contributed by atoms with Crippen molar-refractivity contribution in [3.8, 4) is 0 Å². The van der Waals surface area contributed by atoms with E-state index in [2.05, 4.69) is 10.1 Å². The summed E-state index contributed by atoms with van der Waals surface area (Å²) in [6.45, 7) is 0. The quantitative estimate of drug-likeness (QED) is 0.646. The molecule has 100 valence electrons. The van der Waals surface area contributed by atoms with Gasteiger partial charge < -0.3 is 5.73 Å².